The van der Waals surface area contributed by atoms with Gasteiger partial charge in [-0.05, 0) is 43.5 Å². The Balaban J connectivity index is 1.86. The minimum atomic E-state index is -3.37. The molecule has 0 spiro atoms. The van der Waals surface area contributed by atoms with E-state index in [-0.39, 0.29) is 17.0 Å². The highest BCUT2D eigenvalue weighted by atomic mass is 32.2. The van der Waals surface area contributed by atoms with Gasteiger partial charge in [0.1, 0.15) is 0 Å². The lowest BCUT2D eigenvalue weighted by Gasteiger charge is -2.28. The number of amides is 1. The van der Waals surface area contributed by atoms with Crippen LogP contribution in [-0.4, -0.2) is 31.5 Å². The number of carbonyl (C=O) groups excluding carboxylic acids is 1. The average molecular weight is 389 g/mol. The first-order valence-corrected chi connectivity index (χ1v) is 10.1. The van der Waals surface area contributed by atoms with Crippen LogP contribution in [0.1, 0.15) is 28.8 Å². The van der Waals surface area contributed by atoms with Gasteiger partial charge in [0.25, 0.3) is 11.6 Å². The molecule has 1 saturated heterocycles. The van der Waals surface area contributed by atoms with Gasteiger partial charge < -0.3 is 5.32 Å². The van der Waals surface area contributed by atoms with Crippen LogP contribution in [0, 0.1) is 17.0 Å². The maximum Gasteiger partial charge on any atom is 0.271 e. The van der Waals surface area contributed by atoms with E-state index in [1.165, 1.54) is 22.5 Å². The molecule has 1 N–H and O–H groups in total. The first kappa shape index (κ1) is 18.8. The molecule has 1 heterocycles. The Morgan fingerprint density at radius 1 is 1.19 bits per heavy atom. The number of nitrogens with one attached hydrogen (secondary N) is 1. The van der Waals surface area contributed by atoms with Gasteiger partial charge in [0.05, 0.1) is 22.1 Å². The maximum absolute atomic E-state index is 12.6. The van der Waals surface area contributed by atoms with Crippen LogP contribution in [0.2, 0.25) is 0 Å². The van der Waals surface area contributed by atoms with E-state index < -0.39 is 20.9 Å². The molecule has 0 atom stereocenters. The Bertz CT molecular complexity index is 1000. The lowest BCUT2D eigenvalue weighted by atomic mass is 10.1. The highest BCUT2D eigenvalue weighted by Gasteiger charge is 2.26. The third-order valence-electron chi connectivity index (χ3n) is 4.43. The van der Waals surface area contributed by atoms with Gasteiger partial charge in [-0.15, -0.1) is 0 Å². The number of aryl methyl sites for hydroxylation is 1. The van der Waals surface area contributed by atoms with Crippen molar-refractivity contribution in [3.8, 4) is 0 Å². The molecule has 2 aromatic rings. The fraction of sp³-hybridized carbons (Fsp3) is 0.278. The van der Waals surface area contributed by atoms with Crippen LogP contribution in [0.3, 0.4) is 0 Å². The molecule has 8 nitrogen and oxygen atoms in total. The summed E-state index contributed by atoms with van der Waals surface area (Å²) in [5.74, 6) is -0.370. The lowest BCUT2D eigenvalue weighted by molar-refractivity contribution is -0.384. The second kappa shape index (κ2) is 7.36. The van der Waals surface area contributed by atoms with E-state index in [4.69, 9.17) is 0 Å². The number of anilines is 2. The predicted octanol–water partition coefficient (Wildman–Crippen LogP) is 3.09. The summed E-state index contributed by atoms with van der Waals surface area (Å²) in [6.45, 7) is 2.12. The van der Waals surface area contributed by atoms with E-state index in [0.717, 1.165) is 6.42 Å². The Morgan fingerprint density at radius 2 is 1.96 bits per heavy atom. The number of nitro benzene ring substituents is 1. The standard InChI is InChI=1S/C18H19N3O5S/c1-13-7-8-16(21(23)24)12-17(13)19-18(22)14-5-4-6-15(11-14)20-9-2-3-10-27(20,25)26/h4-8,11-12H,2-3,9-10H2,1H3,(H,19,22). The van der Waals surface area contributed by atoms with Crippen molar-refractivity contribution in [1.29, 1.82) is 0 Å². The summed E-state index contributed by atoms with van der Waals surface area (Å²) >= 11 is 0. The number of sulfonamides is 1. The van der Waals surface area contributed by atoms with Gasteiger partial charge in [0.2, 0.25) is 10.0 Å². The number of non-ortho nitro benzene ring substituents is 1. The normalized spacial score (nSPS) is 16.0. The zero-order valence-corrected chi connectivity index (χ0v) is 15.5. The maximum atomic E-state index is 12.6. The van der Waals surface area contributed by atoms with Gasteiger partial charge in [0.15, 0.2) is 0 Å². The number of nitrogens with zero attached hydrogens (tertiary/aromatic N) is 2. The van der Waals surface area contributed by atoms with Gasteiger partial charge in [-0.1, -0.05) is 12.1 Å². The molecule has 0 aromatic heterocycles. The van der Waals surface area contributed by atoms with E-state index >= 15 is 0 Å². The molecule has 0 saturated carbocycles. The first-order chi connectivity index (χ1) is 12.8. The SMILES string of the molecule is Cc1ccc([N+](=O)[O-])cc1NC(=O)c1cccc(N2CCCCS2(=O)=O)c1. The molecule has 2 aromatic carbocycles. The van der Waals surface area contributed by atoms with Crippen LogP contribution in [0.15, 0.2) is 42.5 Å². The van der Waals surface area contributed by atoms with Crippen molar-refractivity contribution in [2.24, 2.45) is 0 Å². The molecule has 1 fully saturated rings. The van der Waals surface area contributed by atoms with Crippen LogP contribution in [0.5, 0.6) is 0 Å². The van der Waals surface area contributed by atoms with Crippen molar-refractivity contribution in [1.82, 2.24) is 0 Å². The summed E-state index contributed by atoms with van der Waals surface area (Å²) in [6, 6.07) is 10.6. The predicted molar refractivity (Wildman–Crippen MR) is 103 cm³/mol. The van der Waals surface area contributed by atoms with Crippen LogP contribution in [0.25, 0.3) is 0 Å². The molecule has 0 aliphatic carbocycles. The molecule has 0 unspecified atom stereocenters. The average Bonchev–Trinajstić information content (AvgIpc) is 2.63. The van der Waals surface area contributed by atoms with Gasteiger partial charge in [-0.25, -0.2) is 8.42 Å². The molecular formula is C18H19N3O5S. The zero-order valence-electron chi connectivity index (χ0n) is 14.7. The highest BCUT2D eigenvalue weighted by molar-refractivity contribution is 7.92. The van der Waals surface area contributed by atoms with Gasteiger partial charge in [0, 0.05) is 24.2 Å². The second-order valence-corrected chi connectivity index (χ2v) is 8.37. The summed E-state index contributed by atoms with van der Waals surface area (Å²) in [4.78, 5) is 23.0. The molecule has 0 radical (unpaired) electrons. The molecule has 142 valence electrons. The molecule has 9 heteroatoms. The van der Waals surface area contributed by atoms with Crippen LogP contribution in [-0.2, 0) is 10.0 Å². The quantitative estimate of drug-likeness (QED) is 0.638. The molecule has 3 rings (SSSR count). The van der Waals surface area contributed by atoms with Crippen LogP contribution >= 0.6 is 0 Å². The Labute approximate surface area is 157 Å². The number of hydrogen-bond acceptors (Lipinski definition) is 5. The topological polar surface area (TPSA) is 110 Å². The first-order valence-electron chi connectivity index (χ1n) is 8.45. The van der Waals surface area contributed by atoms with Crippen LogP contribution in [0.4, 0.5) is 17.1 Å². The van der Waals surface area contributed by atoms with Crippen molar-refractivity contribution in [2.45, 2.75) is 19.8 Å². The molecule has 0 bridgehead atoms. The van der Waals surface area contributed by atoms with E-state index in [0.29, 0.717) is 29.9 Å². The Kier molecular flexibility index (Phi) is 5.13. The molecule has 1 aliphatic rings. The number of rotatable bonds is 4. The van der Waals surface area contributed by atoms with Crippen LogP contribution < -0.4 is 9.62 Å². The second-order valence-electron chi connectivity index (χ2n) is 6.36. The zero-order chi connectivity index (χ0) is 19.6. The van der Waals surface area contributed by atoms with E-state index in [1.807, 2.05) is 0 Å². The summed E-state index contributed by atoms with van der Waals surface area (Å²) in [6.07, 6.45) is 1.40. The number of carbonyl (C=O) groups is 1. The molecule has 1 amide bonds. The van der Waals surface area contributed by atoms with Gasteiger partial charge >= 0.3 is 0 Å². The highest BCUT2D eigenvalue weighted by Crippen LogP contribution is 2.26. The smallest absolute Gasteiger partial charge is 0.271 e. The minimum absolute atomic E-state index is 0.0936. The van der Waals surface area contributed by atoms with Crippen molar-refractivity contribution in [3.05, 3.63) is 63.7 Å². The minimum Gasteiger partial charge on any atom is -0.321 e. The summed E-state index contributed by atoms with van der Waals surface area (Å²) in [5.41, 5.74) is 1.62. The number of hydrogen-bond donors (Lipinski definition) is 1. The van der Waals surface area contributed by atoms with E-state index in [2.05, 4.69) is 5.32 Å². The van der Waals surface area contributed by atoms with Crippen molar-refractivity contribution < 1.29 is 18.1 Å². The fourth-order valence-electron chi connectivity index (χ4n) is 2.93. The van der Waals surface area contributed by atoms with Gasteiger partial charge in [-0.3, -0.25) is 19.2 Å². The van der Waals surface area contributed by atoms with Crippen molar-refractivity contribution in [3.63, 3.8) is 0 Å². The summed E-state index contributed by atoms with van der Waals surface area (Å²) in [7, 11) is -3.37. The van der Waals surface area contributed by atoms with E-state index in [9.17, 15) is 23.3 Å². The summed E-state index contributed by atoms with van der Waals surface area (Å²) < 4.78 is 25.8. The monoisotopic (exact) mass is 389 g/mol. The summed E-state index contributed by atoms with van der Waals surface area (Å²) in [5, 5.41) is 13.6. The Hall–Kier alpha value is -2.94. The molecule has 27 heavy (non-hydrogen) atoms. The third-order valence-corrected chi connectivity index (χ3v) is 6.30. The van der Waals surface area contributed by atoms with Crippen molar-refractivity contribution >= 4 is 33.0 Å². The molecular weight excluding hydrogens is 370 g/mol. The van der Waals surface area contributed by atoms with Gasteiger partial charge in [-0.2, -0.15) is 0 Å². The van der Waals surface area contributed by atoms with E-state index in [1.54, 1.807) is 31.2 Å². The fourth-order valence-corrected chi connectivity index (χ4v) is 4.57. The Morgan fingerprint density at radius 3 is 2.67 bits per heavy atom. The van der Waals surface area contributed by atoms with Crippen molar-refractivity contribution in [2.75, 3.05) is 21.9 Å². The number of nitro groups is 1. The molecule has 1 aliphatic heterocycles. The largest absolute Gasteiger partial charge is 0.321 e. The lowest BCUT2D eigenvalue weighted by Crippen LogP contribution is -2.37. The third kappa shape index (κ3) is 4.08. The number of benzene rings is 2.